The van der Waals surface area contributed by atoms with Crippen LogP contribution in [0.2, 0.25) is 0 Å². The van der Waals surface area contributed by atoms with Crippen LogP contribution in [-0.4, -0.2) is 34.4 Å². The third kappa shape index (κ3) is 5.14. The summed E-state index contributed by atoms with van der Waals surface area (Å²) < 4.78 is 0. The Morgan fingerprint density at radius 2 is 1.70 bits per heavy atom. The Labute approximate surface area is 160 Å². The molecule has 2 heterocycles. The highest BCUT2D eigenvalue weighted by molar-refractivity contribution is 5.94. The third-order valence-corrected chi connectivity index (χ3v) is 4.33. The maximum Gasteiger partial charge on any atom is 0.253 e. The quantitative estimate of drug-likeness (QED) is 0.717. The molecule has 1 aromatic carbocycles. The van der Waals surface area contributed by atoms with E-state index in [0.717, 1.165) is 17.7 Å². The van der Waals surface area contributed by atoms with Crippen LogP contribution in [0, 0.1) is 13.8 Å². The molecule has 5 heteroatoms. The van der Waals surface area contributed by atoms with Gasteiger partial charge in [0.15, 0.2) is 0 Å². The van der Waals surface area contributed by atoms with Crippen molar-refractivity contribution >= 4 is 17.4 Å². The van der Waals surface area contributed by atoms with Gasteiger partial charge in [-0.3, -0.25) is 9.78 Å². The van der Waals surface area contributed by atoms with Gasteiger partial charge in [-0.15, -0.1) is 0 Å². The number of likely N-dealkylation sites (N-methyl/N-ethyl adjacent to an activating group) is 1. The van der Waals surface area contributed by atoms with Gasteiger partial charge in [0.25, 0.3) is 5.91 Å². The molecule has 1 amide bonds. The first-order valence-corrected chi connectivity index (χ1v) is 8.97. The number of nitrogens with one attached hydrogen (secondary N) is 1. The summed E-state index contributed by atoms with van der Waals surface area (Å²) in [4.78, 5) is 22.8. The number of nitrogens with zero attached hydrogens (tertiary/aromatic N) is 3. The van der Waals surface area contributed by atoms with Gasteiger partial charge in [0.1, 0.15) is 5.82 Å². The summed E-state index contributed by atoms with van der Waals surface area (Å²) in [6.45, 7) is 4.76. The molecule has 5 nitrogen and oxygen atoms in total. The van der Waals surface area contributed by atoms with Crippen LogP contribution in [0.4, 0.5) is 11.5 Å². The van der Waals surface area contributed by atoms with Gasteiger partial charge in [0.05, 0.1) is 0 Å². The number of aromatic nitrogens is 2. The number of pyridine rings is 2. The number of carbonyl (C=O) groups is 1. The van der Waals surface area contributed by atoms with Crippen molar-refractivity contribution in [2.75, 3.05) is 18.9 Å². The Morgan fingerprint density at radius 3 is 2.41 bits per heavy atom. The van der Waals surface area contributed by atoms with E-state index in [2.05, 4.69) is 47.3 Å². The lowest BCUT2D eigenvalue weighted by atomic mass is 10.1. The second-order valence-electron chi connectivity index (χ2n) is 6.76. The first-order chi connectivity index (χ1) is 13.0. The fourth-order valence-corrected chi connectivity index (χ4v) is 2.99. The summed E-state index contributed by atoms with van der Waals surface area (Å²) in [5.74, 6) is 0.642. The predicted octanol–water partition coefficient (Wildman–Crippen LogP) is 4.15. The molecule has 1 N–H and O–H groups in total. The molecular formula is C22H24N4O. The number of hydrogen-bond donors (Lipinski definition) is 1. The van der Waals surface area contributed by atoms with Crippen LogP contribution in [0.15, 0.2) is 61.1 Å². The molecule has 0 radical (unpaired) electrons. The fraction of sp³-hybridized carbons (Fsp3) is 0.227. The van der Waals surface area contributed by atoms with Gasteiger partial charge in [0, 0.05) is 43.4 Å². The lowest BCUT2D eigenvalue weighted by Crippen LogP contribution is -2.28. The maximum absolute atomic E-state index is 12.7. The predicted molar refractivity (Wildman–Crippen MR) is 108 cm³/mol. The van der Waals surface area contributed by atoms with Gasteiger partial charge < -0.3 is 10.2 Å². The summed E-state index contributed by atoms with van der Waals surface area (Å²) >= 11 is 0. The molecule has 0 aliphatic heterocycles. The van der Waals surface area contributed by atoms with Gasteiger partial charge >= 0.3 is 0 Å². The fourth-order valence-electron chi connectivity index (χ4n) is 2.99. The van der Waals surface area contributed by atoms with E-state index in [9.17, 15) is 4.79 Å². The van der Waals surface area contributed by atoms with Crippen LogP contribution < -0.4 is 5.32 Å². The topological polar surface area (TPSA) is 58.1 Å². The summed E-state index contributed by atoms with van der Waals surface area (Å²) in [5.41, 5.74) is 5.11. The normalized spacial score (nSPS) is 10.5. The molecule has 0 unspecified atom stereocenters. The third-order valence-electron chi connectivity index (χ3n) is 4.33. The highest BCUT2D eigenvalue weighted by Gasteiger charge is 2.12. The summed E-state index contributed by atoms with van der Waals surface area (Å²) in [7, 11) is 1.82. The van der Waals surface area contributed by atoms with E-state index in [-0.39, 0.29) is 5.91 Å². The largest absolute Gasteiger partial charge is 0.341 e. The number of amides is 1. The Bertz CT molecular complexity index is 904. The van der Waals surface area contributed by atoms with E-state index in [1.54, 1.807) is 35.6 Å². The van der Waals surface area contributed by atoms with Crippen LogP contribution in [0.25, 0.3) is 0 Å². The van der Waals surface area contributed by atoms with Gasteiger partial charge in [-0.2, -0.15) is 0 Å². The van der Waals surface area contributed by atoms with E-state index in [4.69, 9.17) is 0 Å². The molecule has 0 saturated carbocycles. The Morgan fingerprint density at radius 1 is 1.00 bits per heavy atom. The van der Waals surface area contributed by atoms with Crippen molar-refractivity contribution in [3.8, 4) is 0 Å². The first kappa shape index (κ1) is 18.6. The zero-order valence-electron chi connectivity index (χ0n) is 15.9. The molecule has 0 saturated heterocycles. The smallest absolute Gasteiger partial charge is 0.253 e. The van der Waals surface area contributed by atoms with Gasteiger partial charge in [-0.05, 0) is 73.4 Å². The number of benzene rings is 1. The van der Waals surface area contributed by atoms with E-state index < -0.39 is 0 Å². The van der Waals surface area contributed by atoms with Gasteiger partial charge in [0.2, 0.25) is 0 Å². The molecule has 3 rings (SSSR count). The minimum Gasteiger partial charge on any atom is -0.341 e. The molecule has 138 valence electrons. The minimum atomic E-state index is -0.0186. The van der Waals surface area contributed by atoms with E-state index in [0.29, 0.717) is 17.9 Å². The Kier molecular flexibility index (Phi) is 5.81. The van der Waals surface area contributed by atoms with Crippen LogP contribution in [-0.2, 0) is 6.42 Å². The second kappa shape index (κ2) is 8.45. The van der Waals surface area contributed by atoms with Crippen LogP contribution in [0.1, 0.15) is 27.0 Å². The van der Waals surface area contributed by atoms with Crippen molar-refractivity contribution < 1.29 is 4.79 Å². The number of anilines is 2. The summed E-state index contributed by atoms with van der Waals surface area (Å²) in [5, 5.41) is 3.29. The standard InChI is InChI=1S/C22H24N4O/c1-16-12-17(2)14-20(13-16)25-21-15-19(6-10-24-21)22(27)26(3)11-7-18-4-8-23-9-5-18/h4-6,8-10,12-15H,7,11H2,1-3H3,(H,24,25). The zero-order valence-corrected chi connectivity index (χ0v) is 15.9. The molecule has 0 bridgehead atoms. The lowest BCUT2D eigenvalue weighted by molar-refractivity contribution is 0.0796. The zero-order chi connectivity index (χ0) is 19.2. The second-order valence-corrected chi connectivity index (χ2v) is 6.76. The number of carbonyl (C=O) groups excluding carboxylic acids is 1. The van der Waals surface area contributed by atoms with Crippen molar-refractivity contribution in [2.45, 2.75) is 20.3 Å². The number of aryl methyl sites for hydroxylation is 2. The highest BCUT2D eigenvalue weighted by Crippen LogP contribution is 2.19. The summed E-state index contributed by atoms with van der Waals surface area (Å²) in [6, 6.07) is 13.7. The van der Waals surface area contributed by atoms with Gasteiger partial charge in [-0.1, -0.05) is 6.07 Å². The molecule has 3 aromatic rings. The van der Waals surface area contributed by atoms with Crippen molar-refractivity contribution in [1.82, 2.24) is 14.9 Å². The van der Waals surface area contributed by atoms with E-state index >= 15 is 0 Å². The van der Waals surface area contributed by atoms with Crippen LogP contribution >= 0.6 is 0 Å². The average molecular weight is 360 g/mol. The van der Waals surface area contributed by atoms with E-state index in [1.807, 2.05) is 19.2 Å². The average Bonchev–Trinajstić information content (AvgIpc) is 2.65. The highest BCUT2D eigenvalue weighted by atomic mass is 16.2. The van der Waals surface area contributed by atoms with Crippen molar-refractivity contribution in [3.05, 3.63) is 83.3 Å². The maximum atomic E-state index is 12.7. The lowest BCUT2D eigenvalue weighted by Gasteiger charge is -2.17. The van der Waals surface area contributed by atoms with Crippen LogP contribution in [0.3, 0.4) is 0 Å². The number of rotatable bonds is 6. The summed E-state index contributed by atoms with van der Waals surface area (Å²) in [6.07, 6.45) is 5.99. The van der Waals surface area contributed by atoms with Gasteiger partial charge in [-0.25, -0.2) is 4.98 Å². The van der Waals surface area contributed by atoms with Crippen LogP contribution in [0.5, 0.6) is 0 Å². The first-order valence-electron chi connectivity index (χ1n) is 8.97. The Hall–Kier alpha value is -3.21. The SMILES string of the molecule is Cc1cc(C)cc(Nc2cc(C(=O)N(C)CCc3ccncc3)ccn2)c1. The Balaban J connectivity index is 1.67. The van der Waals surface area contributed by atoms with E-state index in [1.165, 1.54) is 11.1 Å². The van der Waals surface area contributed by atoms with Crippen molar-refractivity contribution in [1.29, 1.82) is 0 Å². The monoisotopic (exact) mass is 360 g/mol. The molecule has 2 aromatic heterocycles. The molecule has 0 atom stereocenters. The molecule has 0 spiro atoms. The molecule has 0 aliphatic carbocycles. The number of hydrogen-bond acceptors (Lipinski definition) is 4. The molecule has 0 aliphatic rings. The molecular weight excluding hydrogens is 336 g/mol. The molecule has 0 fully saturated rings. The van der Waals surface area contributed by atoms with Crippen molar-refractivity contribution in [3.63, 3.8) is 0 Å². The van der Waals surface area contributed by atoms with Crippen molar-refractivity contribution in [2.24, 2.45) is 0 Å². The molecule has 27 heavy (non-hydrogen) atoms. The minimum absolute atomic E-state index is 0.0186.